The van der Waals surface area contributed by atoms with E-state index in [0.717, 1.165) is 11.1 Å². The molecule has 28 heavy (non-hydrogen) atoms. The minimum atomic E-state index is -0.503. The first kappa shape index (κ1) is 16.6. The average Bonchev–Trinajstić information content (AvgIpc) is 3.26. The highest BCUT2D eigenvalue weighted by Gasteiger charge is 2.43. The van der Waals surface area contributed by atoms with Gasteiger partial charge in [-0.25, -0.2) is 9.59 Å². The summed E-state index contributed by atoms with van der Waals surface area (Å²) in [6.07, 6.45) is 0. The number of nitrogens with zero attached hydrogens (tertiary/aromatic N) is 2. The number of urea groups is 1. The number of rotatable bonds is 2. The van der Waals surface area contributed by atoms with Gasteiger partial charge in [-0.15, -0.1) is 0 Å². The highest BCUT2D eigenvalue weighted by molar-refractivity contribution is 6.12. The third kappa shape index (κ3) is 2.32. The summed E-state index contributed by atoms with van der Waals surface area (Å²) >= 11 is 0. The first-order valence-electron chi connectivity index (χ1n) is 8.98. The Balaban J connectivity index is 1.55. The maximum absolute atomic E-state index is 13.3. The van der Waals surface area contributed by atoms with Crippen molar-refractivity contribution in [1.82, 2.24) is 10.2 Å². The number of esters is 1. The molecule has 3 aliphatic rings. The summed E-state index contributed by atoms with van der Waals surface area (Å²) < 4.78 is 5.05. The van der Waals surface area contributed by atoms with Gasteiger partial charge in [0.15, 0.2) is 0 Å². The molecule has 3 heterocycles. The van der Waals surface area contributed by atoms with Crippen molar-refractivity contribution in [1.29, 1.82) is 0 Å². The number of carbonyl (C=O) groups excluding carboxylic acids is 3. The van der Waals surface area contributed by atoms with E-state index in [1.165, 1.54) is 4.90 Å². The fourth-order valence-electron chi connectivity index (χ4n) is 3.94. The Labute approximate surface area is 161 Å². The molecule has 0 bridgehead atoms. The number of carbonyl (C=O) groups is 3. The third-order valence-corrected chi connectivity index (χ3v) is 5.48. The highest BCUT2D eigenvalue weighted by Crippen LogP contribution is 2.38. The minimum absolute atomic E-state index is 0.179. The Kier molecular flexibility index (Phi) is 3.52. The maximum Gasteiger partial charge on any atom is 0.338 e. The van der Waals surface area contributed by atoms with Gasteiger partial charge in [-0.3, -0.25) is 9.69 Å². The van der Waals surface area contributed by atoms with Crippen molar-refractivity contribution in [2.24, 2.45) is 0 Å². The van der Waals surface area contributed by atoms with Crippen LogP contribution in [0.25, 0.3) is 0 Å². The van der Waals surface area contributed by atoms with E-state index in [-0.39, 0.29) is 31.1 Å². The van der Waals surface area contributed by atoms with E-state index >= 15 is 0 Å². The van der Waals surface area contributed by atoms with E-state index in [2.05, 4.69) is 5.32 Å². The van der Waals surface area contributed by atoms with Gasteiger partial charge < -0.3 is 15.0 Å². The topological polar surface area (TPSA) is 79.0 Å². The molecule has 5 rings (SSSR count). The summed E-state index contributed by atoms with van der Waals surface area (Å²) in [5.41, 5.74) is 3.99. The molecule has 0 saturated heterocycles. The van der Waals surface area contributed by atoms with Crippen molar-refractivity contribution in [3.63, 3.8) is 0 Å². The number of likely N-dealkylation sites (N-methyl/N-ethyl adjacent to an activating group) is 1. The van der Waals surface area contributed by atoms with Crippen molar-refractivity contribution >= 4 is 23.6 Å². The van der Waals surface area contributed by atoms with Crippen LogP contribution in [-0.2, 0) is 16.1 Å². The molecule has 0 unspecified atom stereocenters. The second kappa shape index (κ2) is 5.95. The Morgan fingerprint density at radius 1 is 1.07 bits per heavy atom. The molecule has 7 heteroatoms. The molecule has 0 aliphatic carbocycles. The lowest BCUT2D eigenvalue weighted by Gasteiger charge is -2.31. The molecular formula is C21H17N3O4. The lowest BCUT2D eigenvalue weighted by molar-refractivity contribution is -0.114. The fraction of sp³-hybridized carbons (Fsp3) is 0.190. The largest absolute Gasteiger partial charge is 0.457 e. The molecule has 2 aromatic rings. The molecule has 0 radical (unpaired) electrons. The van der Waals surface area contributed by atoms with Crippen LogP contribution in [0.15, 0.2) is 59.8 Å². The van der Waals surface area contributed by atoms with Crippen molar-refractivity contribution in [2.45, 2.75) is 12.6 Å². The van der Waals surface area contributed by atoms with Crippen molar-refractivity contribution in [3.05, 3.63) is 76.5 Å². The van der Waals surface area contributed by atoms with Crippen molar-refractivity contribution < 1.29 is 19.1 Å². The summed E-state index contributed by atoms with van der Waals surface area (Å²) in [6, 6.07) is 14.0. The van der Waals surface area contributed by atoms with Gasteiger partial charge in [-0.1, -0.05) is 36.4 Å². The Morgan fingerprint density at radius 2 is 1.86 bits per heavy atom. The van der Waals surface area contributed by atoms with Crippen molar-refractivity contribution in [3.8, 4) is 0 Å². The van der Waals surface area contributed by atoms with Gasteiger partial charge in [0.05, 0.1) is 29.4 Å². The average molecular weight is 375 g/mol. The predicted octanol–water partition coefficient (Wildman–Crippen LogP) is 2.35. The van der Waals surface area contributed by atoms with Gasteiger partial charge in [-0.05, 0) is 17.7 Å². The number of fused-ring (bicyclic) bond motifs is 1. The summed E-state index contributed by atoms with van der Waals surface area (Å²) in [5, 5.41) is 2.91. The Morgan fingerprint density at radius 3 is 2.64 bits per heavy atom. The van der Waals surface area contributed by atoms with E-state index in [1.807, 2.05) is 42.5 Å². The molecule has 0 spiro atoms. The molecular weight excluding hydrogens is 358 g/mol. The summed E-state index contributed by atoms with van der Waals surface area (Å²) in [7, 11) is 1.66. The second-order valence-corrected chi connectivity index (χ2v) is 7.02. The van der Waals surface area contributed by atoms with Crippen LogP contribution in [0.2, 0.25) is 0 Å². The number of anilines is 1. The molecule has 1 atom stereocenters. The Bertz CT molecular complexity index is 1060. The standard InChI is InChI=1S/C21H17N3O4/c1-23-16-10-24(14-8-7-13-11-28-20(26)15(13)9-14)19(25)17(16)18(22-21(23)27)12-5-3-2-4-6-12/h2-9,18H,10-11H2,1H3,(H,22,27)/t18-/m1/s1. The van der Waals surface area contributed by atoms with Crippen LogP contribution in [0.4, 0.5) is 10.5 Å². The minimum Gasteiger partial charge on any atom is -0.457 e. The lowest BCUT2D eigenvalue weighted by Crippen LogP contribution is -2.45. The third-order valence-electron chi connectivity index (χ3n) is 5.48. The van der Waals surface area contributed by atoms with Crippen LogP contribution < -0.4 is 10.2 Å². The predicted molar refractivity (Wildman–Crippen MR) is 100 cm³/mol. The number of nitrogens with one attached hydrogen (secondary N) is 1. The van der Waals surface area contributed by atoms with Crippen LogP contribution in [0, 0.1) is 0 Å². The highest BCUT2D eigenvalue weighted by atomic mass is 16.5. The van der Waals surface area contributed by atoms with E-state index in [0.29, 0.717) is 22.5 Å². The van der Waals surface area contributed by atoms with E-state index in [4.69, 9.17) is 4.74 Å². The molecule has 0 aromatic heterocycles. The van der Waals surface area contributed by atoms with Crippen LogP contribution >= 0.6 is 0 Å². The normalized spacial score (nSPS) is 20.9. The van der Waals surface area contributed by atoms with E-state index in [9.17, 15) is 14.4 Å². The number of cyclic esters (lactones) is 1. The van der Waals surface area contributed by atoms with Gasteiger partial charge >= 0.3 is 12.0 Å². The van der Waals surface area contributed by atoms with Crippen molar-refractivity contribution in [2.75, 3.05) is 18.5 Å². The van der Waals surface area contributed by atoms with Crippen LogP contribution in [0.5, 0.6) is 0 Å². The van der Waals surface area contributed by atoms with Gasteiger partial charge in [0.2, 0.25) is 0 Å². The van der Waals surface area contributed by atoms with Crippen LogP contribution in [0.3, 0.4) is 0 Å². The number of hydrogen-bond acceptors (Lipinski definition) is 4. The quantitative estimate of drug-likeness (QED) is 0.818. The number of hydrogen-bond donors (Lipinski definition) is 1. The van der Waals surface area contributed by atoms with Gasteiger partial charge in [0.25, 0.3) is 5.91 Å². The van der Waals surface area contributed by atoms with Gasteiger partial charge in [0, 0.05) is 18.3 Å². The first-order valence-corrected chi connectivity index (χ1v) is 8.98. The molecule has 2 aromatic carbocycles. The molecule has 0 fully saturated rings. The molecule has 1 N–H and O–H groups in total. The zero-order chi connectivity index (χ0) is 19.4. The maximum atomic E-state index is 13.3. The first-order chi connectivity index (χ1) is 13.5. The van der Waals surface area contributed by atoms with E-state index in [1.54, 1.807) is 18.0 Å². The second-order valence-electron chi connectivity index (χ2n) is 7.02. The molecule has 3 aliphatic heterocycles. The Hall–Kier alpha value is -3.61. The molecule has 3 amide bonds. The fourth-order valence-corrected chi connectivity index (χ4v) is 3.94. The zero-order valence-corrected chi connectivity index (χ0v) is 15.1. The number of benzene rings is 2. The van der Waals surface area contributed by atoms with Gasteiger partial charge in [-0.2, -0.15) is 0 Å². The summed E-state index contributed by atoms with van der Waals surface area (Å²) in [6.45, 7) is 0.531. The summed E-state index contributed by atoms with van der Waals surface area (Å²) in [5.74, 6) is -0.556. The SMILES string of the molecule is CN1C(=O)N[C@H](c2ccccc2)C2=C1CN(c1ccc3c(c1)C(=O)OC3)C2=O. The van der Waals surface area contributed by atoms with Crippen LogP contribution in [0.1, 0.15) is 27.5 Å². The van der Waals surface area contributed by atoms with E-state index < -0.39 is 6.04 Å². The summed E-state index contributed by atoms with van der Waals surface area (Å²) in [4.78, 5) is 40.8. The molecule has 7 nitrogen and oxygen atoms in total. The van der Waals surface area contributed by atoms with Gasteiger partial charge in [0.1, 0.15) is 6.61 Å². The molecule has 140 valence electrons. The lowest BCUT2D eigenvalue weighted by atomic mass is 9.96. The number of amides is 3. The van der Waals surface area contributed by atoms with Crippen LogP contribution in [-0.4, -0.2) is 36.4 Å². The monoisotopic (exact) mass is 375 g/mol. The molecule has 0 saturated carbocycles. The smallest absolute Gasteiger partial charge is 0.338 e. The number of ether oxygens (including phenoxy) is 1. The zero-order valence-electron chi connectivity index (χ0n) is 15.1.